The molecule has 0 saturated heterocycles. The van der Waals surface area contributed by atoms with E-state index in [9.17, 15) is 4.79 Å². The van der Waals surface area contributed by atoms with Crippen LogP contribution in [0.2, 0.25) is 0 Å². The monoisotopic (exact) mass is 282 g/mol. The zero-order chi connectivity index (χ0) is 15.0. The summed E-state index contributed by atoms with van der Waals surface area (Å²) in [7, 11) is 1.80. The summed E-state index contributed by atoms with van der Waals surface area (Å²) in [4.78, 5) is 17.5. The molecule has 0 aliphatic carbocycles. The number of amides is 1. The third-order valence-electron chi connectivity index (χ3n) is 3.90. The second-order valence-corrected chi connectivity index (χ2v) is 5.43. The Morgan fingerprint density at radius 1 is 1.29 bits per heavy atom. The Morgan fingerprint density at radius 3 is 2.81 bits per heavy atom. The number of rotatable bonds is 3. The van der Waals surface area contributed by atoms with Crippen LogP contribution in [0.5, 0.6) is 0 Å². The van der Waals surface area contributed by atoms with Gasteiger partial charge in [0.1, 0.15) is 0 Å². The van der Waals surface area contributed by atoms with E-state index in [-0.39, 0.29) is 5.91 Å². The average molecular weight is 282 g/mol. The molecule has 1 amide bonds. The van der Waals surface area contributed by atoms with Gasteiger partial charge in [-0.25, -0.2) is 0 Å². The molecular formula is C17H18N2O2. The Labute approximate surface area is 123 Å². The molecule has 21 heavy (non-hydrogen) atoms. The highest BCUT2D eigenvalue weighted by Crippen LogP contribution is 2.23. The second kappa shape index (κ2) is 5.13. The number of carbonyl (C=O) groups is 1. The van der Waals surface area contributed by atoms with E-state index in [1.54, 1.807) is 24.5 Å². The van der Waals surface area contributed by atoms with Crippen molar-refractivity contribution in [1.82, 2.24) is 9.88 Å². The number of aryl methyl sites for hydroxylation is 2. The fraction of sp³-hybridized carbons (Fsp3) is 0.235. The van der Waals surface area contributed by atoms with Gasteiger partial charge in [-0.15, -0.1) is 0 Å². The van der Waals surface area contributed by atoms with Crippen LogP contribution in [0.1, 0.15) is 27.2 Å². The summed E-state index contributed by atoms with van der Waals surface area (Å²) in [5.41, 5.74) is 5.09. The summed E-state index contributed by atoms with van der Waals surface area (Å²) in [5, 5.41) is 1.11. The van der Waals surface area contributed by atoms with Gasteiger partial charge in [-0.05, 0) is 43.7 Å². The predicted molar refractivity (Wildman–Crippen MR) is 82.3 cm³/mol. The van der Waals surface area contributed by atoms with E-state index in [0.29, 0.717) is 12.1 Å². The third kappa shape index (κ3) is 2.44. The lowest BCUT2D eigenvalue weighted by atomic mass is 10.1. The molecule has 1 N–H and O–H groups in total. The summed E-state index contributed by atoms with van der Waals surface area (Å²) >= 11 is 0. The molecule has 0 spiro atoms. The Balaban J connectivity index is 1.88. The van der Waals surface area contributed by atoms with Gasteiger partial charge in [0, 0.05) is 41.3 Å². The Kier molecular flexibility index (Phi) is 3.29. The molecule has 0 atom stereocenters. The van der Waals surface area contributed by atoms with Gasteiger partial charge in [-0.3, -0.25) is 4.79 Å². The fourth-order valence-corrected chi connectivity index (χ4v) is 2.54. The van der Waals surface area contributed by atoms with Crippen LogP contribution in [0.25, 0.3) is 10.9 Å². The van der Waals surface area contributed by atoms with Crippen LogP contribution in [0, 0.1) is 13.8 Å². The highest BCUT2D eigenvalue weighted by Gasteiger charge is 2.14. The van der Waals surface area contributed by atoms with E-state index < -0.39 is 0 Å². The molecule has 4 heteroatoms. The highest BCUT2D eigenvalue weighted by molar-refractivity contribution is 5.98. The second-order valence-electron chi connectivity index (χ2n) is 5.43. The fourth-order valence-electron chi connectivity index (χ4n) is 2.54. The van der Waals surface area contributed by atoms with Crippen molar-refractivity contribution >= 4 is 16.8 Å². The summed E-state index contributed by atoms with van der Waals surface area (Å²) < 4.78 is 5.03. The van der Waals surface area contributed by atoms with Crippen LogP contribution in [0.3, 0.4) is 0 Å². The molecule has 0 aliphatic rings. The molecule has 1 aromatic carbocycles. The summed E-state index contributed by atoms with van der Waals surface area (Å²) in [6.07, 6.45) is 3.28. The van der Waals surface area contributed by atoms with E-state index in [1.807, 2.05) is 31.2 Å². The summed E-state index contributed by atoms with van der Waals surface area (Å²) in [6, 6.07) is 7.66. The number of H-pyrrole nitrogens is 1. The van der Waals surface area contributed by atoms with E-state index >= 15 is 0 Å². The lowest BCUT2D eigenvalue weighted by Crippen LogP contribution is -2.25. The maximum atomic E-state index is 12.5. The van der Waals surface area contributed by atoms with Crippen LogP contribution in [0.15, 0.2) is 41.2 Å². The van der Waals surface area contributed by atoms with Crippen LogP contribution in [-0.4, -0.2) is 22.8 Å². The zero-order valence-electron chi connectivity index (χ0n) is 12.4. The number of fused-ring (bicyclic) bond motifs is 1. The van der Waals surface area contributed by atoms with Crippen molar-refractivity contribution in [2.24, 2.45) is 0 Å². The van der Waals surface area contributed by atoms with E-state index in [2.05, 4.69) is 11.9 Å². The topological polar surface area (TPSA) is 49.2 Å². The highest BCUT2D eigenvalue weighted by atomic mass is 16.3. The Hall–Kier alpha value is -2.49. The number of benzene rings is 1. The van der Waals surface area contributed by atoms with Gasteiger partial charge in [0.2, 0.25) is 0 Å². The molecule has 4 nitrogen and oxygen atoms in total. The largest absolute Gasteiger partial charge is 0.472 e. The average Bonchev–Trinajstić information content (AvgIpc) is 3.07. The quantitative estimate of drug-likeness (QED) is 0.797. The smallest absolute Gasteiger partial charge is 0.253 e. The molecular weight excluding hydrogens is 264 g/mol. The van der Waals surface area contributed by atoms with E-state index in [1.165, 1.54) is 5.56 Å². The molecule has 0 radical (unpaired) electrons. The van der Waals surface area contributed by atoms with Crippen LogP contribution < -0.4 is 0 Å². The first-order valence-corrected chi connectivity index (χ1v) is 6.91. The third-order valence-corrected chi connectivity index (χ3v) is 3.90. The van der Waals surface area contributed by atoms with Gasteiger partial charge in [0.05, 0.1) is 12.5 Å². The first kappa shape index (κ1) is 13.5. The van der Waals surface area contributed by atoms with Crippen molar-refractivity contribution in [3.63, 3.8) is 0 Å². The van der Waals surface area contributed by atoms with Crippen LogP contribution >= 0.6 is 0 Å². The first-order chi connectivity index (χ1) is 10.1. The number of hydrogen-bond acceptors (Lipinski definition) is 2. The normalized spacial score (nSPS) is 11.0. The van der Waals surface area contributed by atoms with Gasteiger partial charge >= 0.3 is 0 Å². The molecule has 3 aromatic rings. The zero-order valence-corrected chi connectivity index (χ0v) is 12.4. The van der Waals surface area contributed by atoms with Gasteiger partial charge in [-0.1, -0.05) is 0 Å². The SMILES string of the molecule is Cc1[nH]c2ccc(C(=O)N(C)Cc3ccoc3)cc2c1C. The van der Waals surface area contributed by atoms with Gasteiger partial charge in [0.25, 0.3) is 5.91 Å². The van der Waals surface area contributed by atoms with Crippen LogP contribution in [-0.2, 0) is 6.54 Å². The van der Waals surface area contributed by atoms with Crippen molar-refractivity contribution < 1.29 is 9.21 Å². The minimum atomic E-state index is 0.0105. The van der Waals surface area contributed by atoms with Crippen molar-refractivity contribution in [3.05, 3.63) is 59.2 Å². The van der Waals surface area contributed by atoms with Gasteiger partial charge < -0.3 is 14.3 Å². The predicted octanol–water partition coefficient (Wildman–Crippen LogP) is 3.65. The van der Waals surface area contributed by atoms with Crippen molar-refractivity contribution in [3.8, 4) is 0 Å². The van der Waals surface area contributed by atoms with Gasteiger partial charge in [0.15, 0.2) is 0 Å². The van der Waals surface area contributed by atoms with Crippen LogP contribution in [0.4, 0.5) is 0 Å². The minimum absolute atomic E-state index is 0.0105. The van der Waals surface area contributed by atoms with Crippen molar-refractivity contribution in [2.75, 3.05) is 7.05 Å². The summed E-state index contributed by atoms with van der Waals surface area (Å²) in [5.74, 6) is 0.0105. The lowest BCUT2D eigenvalue weighted by molar-refractivity contribution is 0.0785. The molecule has 0 unspecified atom stereocenters. The molecule has 2 heterocycles. The number of furan rings is 1. The number of aromatic amines is 1. The molecule has 2 aromatic heterocycles. The number of aromatic nitrogens is 1. The maximum Gasteiger partial charge on any atom is 0.253 e. The molecule has 0 bridgehead atoms. The van der Waals surface area contributed by atoms with Gasteiger partial charge in [-0.2, -0.15) is 0 Å². The summed E-state index contributed by atoms with van der Waals surface area (Å²) in [6.45, 7) is 4.65. The standard InChI is InChI=1S/C17H18N2O2/c1-11-12(2)18-16-5-4-14(8-15(11)16)17(20)19(3)9-13-6-7-21-10-13/h4-8,10,18H,9H2,1-3H3. The van der Waals surface area contributed by atoms with E-state index in [0.717, 1.165) is 22.2 Å². The lowest BCUT2D eigenvalue weighted by Gasteiger charge is -2.16. The van der Waals surface area contributed by atoms with Crippen molar-refractivity contribution in [1.29, 1.82) is 0 Å². The molecule has 0 aliphatic heterocycles. The molecule has 0 fully saturated rings. The molecule has 3 rings (SSSR count). The Morgan fingerprint density at radius 2 is 2.10 bits per heavy atom. The molecule has 0 saturated carbocycles. The van der Waals surface area contributed by atoms with Crippen molar-refractivity contribution in [2.45, 2.75) is 20.4 Å². The number of nitrogens with one attached hydrogen (secondary N) is 1. The maximum absolute atomic E-state index is 12.5. The number of nitrogens with zero attached hydrogens (tertiary/aromatic N) is 1. The number of carbonyl (C=O) groups excluding carboxylic acids is 1. The Bertz CT molecular complexity index is 785. The number of hydrogen-bond donors (Lipinski definition) is 1. The minimum Gasteiger partial charge on any atom is -0.472 e. The first-order valence-electron chi connectivity index (χ1n) is 6.91. The van der Waals surface area contributed by atoms with E-state index in [4.69, 9.17) is 4.42 Å². The molecule has 108 valence electrons.